The minimum absolute atomic E-state index is 0.101. The predicted octanol–water partition coefficient (Wildman–Crippen LogP) is 3.77. The van der Waals surface area contributed by atoms with E-state index in [1.54, 1.807) is 6.07 Å². The molecule has 1 rings (SSSR count). The first-order chi connectivity index (χ1) is 9.71. The Bertz CT molecular complexity index is 526. The van der Waals surface area contributed by atoms with Crippen LogP contribution in [0.25, 0.3) is 0 Å². The van der Waals surface area contributed by atoms with Gasteiger partial charge in [-0.25, -0.2) is 0 Å². The molecule has 0 aromatic heterocycles. The number of aryl methyl sites for hydroxylation is 1. The molecular formula is C16H22BrNO3. The highest BCUT2D eigenvalue weighted by Crippen LogP contribution is 2.26. The van der Waals surface area contributed by atoms with Gasteiger partial charge in [-0.2, -0.15) is 0 Å². The number of aliphatic carboxylic acids is 1. The fraction of sp³-hybridized carbons (Fsp3) is 0.500. The van der Waals surface area contributed by atoms with Crippen LogP contribution in [0.1, 0.15) is 49.0 Å². The van der Waals surface area contributed by atoms with E-state index in [0.29, 0.717) is 18.5 Å². The molecule has 116 valence electrons. The molecule has 0 saturated carbocycles. The van der Waals surface area contributed by atoms with Crippen molar-refractivity contribution in [2.75, 3.05) is 6.54 Å². The van der Waals surface area contributed by atoms with Gasteiger partial charge in [0.05, 0.1) is 5.56 Å². The Hall–Kier alpha value is -1.36. The van der Waals surface area contributed by atoms with Crippen molar-refractivity contribution in [1.29, 1.82) is 0 Å². The second-order valence-corrected chi connectivity index (χ2v) is 6.90. The molecular weight excluding hydrogens is 334 g/mol. The van der Waals surface area contributed by atoms with Crippen molar-refractivity contribution in [2.45, 2.75) is 40.0 Å². The average molecular weight is 356 g/mol. The van der Waals surface area contributed by atoms with Crippen LogP contribution < -0.4 is 5.32 Å². The van der Waals surface area contributed by atoms with Crippen LogP contribution in [-0.2, 0) is 4.79 Å². The molecule has 21 heavy (non-hydrogen) atoms. The lowest BCUT2D eigenvalue weighted by molar-refractivity contribution is -0.137. The zero-order chi connectivity index (χ0) is 16.0. The molecule has 0 spiro atoms. The number of benzene rings is 1. The van der Waals surface area contributed by atoms with Gasteiger partial charge in [-0.15, -0.1) is 0 Å². The Morgan fingerprint density at radius 3 is 2.52 bits per heavy atom. The monoisotopic (exact) mass is 355 g/mol. The summed E-state index contributed by atoms with van der Waals surface area (Å²) in [6.07, 6.45) is 1.51. The Morgan fingerprint density at radius 2 is 1.95 bits per heavy atom. The summed E-state index contributed by atoms with van der Waals surface area (Å²) < 4.78 is 0.783. The highest BCUT2D eigenvalue weighted by Gasteiger charge is 2.19. The van der Waals surface area contributed by atoms with E-state index in [4.69, 9.17) is 5.11 Å². The predicted molar refractivity (Wildman–Crippen MR) is 86.5 cm³/mol. The number of carboxylic acid groups (broad SMARTS) is 1. The van der Waals surface area contributed by atoms with Crippen molar-refractivity contribution in [3.05, 3.63) is 33.8 Å². The molecule has 4 nitrogen and oxygen atoms in total. The number of carbonyl (C=O) groups is 2. The van der Waals surface area contributed by atoms with Crippen LogP contribution in [0.4, 0.5) is 0 Å². The summed E-state index contributed by atoms with van der Waals surface area (Å²) in [5, 5.41) is 11.6. The first kappa shape index (κ1) is 17.7. The lowest BCUT2D eigenvalue weighted by Crippen LogP contribution is -2.28. The van der Waals surface area contributed by atoms with Gasteiger partial charge < -0.3 is 10.4 Å². The van der Waals surface area contributed by atoms with Gasteiger partial charge in [0.1, 0.15) is 0 Å². The van der Waals surface area contributed by atoms with Crippen LogP contribution in [0.3, 0.4) is 0 Å². The van der Waals surface area contributed by atoms with Crippen LogP contribution in [-0.4, -0.2) is 23.5 Å². The van der Waals surface area contributed by atoms with E-state index in [0.717, 1.165) is 16.5 Å². The summed E-state index contributed by atoms with van der Waals surface area (Å²) in [5.41, 5.74) is 1.60. The van der Waals surface area contributed by atoms with Crippen LogP contribution in [0, 0.1) is 12.3 Å². The van der Waals surface area contributed by atoms with Gasteiger partial charge in [0, 0.05) is 17.4 Å². The molecule has 0 aliphatic carbocycles. The molecule has 0 aliphatic rings. The Labute approximate surface area is 134 Å². The molecule has 1 aromatic carbocycles. The number of amides is 1. The van der Waals surface area contributed by atoms with Crippen LogP contribution >= 0.6 is 15.9 Å². The van der Waals surface area contributed by atoms with Gasteiger partial charge in [-0.05, 0) is 58.8 Å². The smallest absolute Gasteiger partial charge is 0.303 e. The van der Waals surface area contributed by atoms with Crippen molar-refractivity contribution in [3.8, 4) is 0 Å². The van der Waals surface area contributed by atoms with E-state index in [1.807, 2.05) is 32.9 Å². The summed E-state index contributed by atoms with van der Waals surface area (Å²) in [4.78, 5) is 22.7. The van der Waals surface area contributed by atoms with Gasteiger partial charge >= 0.3 is 5.97 Å². The van der Waals surface area contributed by atoms with Gasteiger partial charge in [-0.1, -0.05) is 19.9 Å². The maximum absolute atomic E-state index is 12.1. The maximum Gasteiger partial charge on any atom is 0.303 e. The molecule has 0 heterocycles. The van der Waals surface area contributed by atoms with E-state index in [9.17, 15) is 9.59 Å². The minimum atomic E-state index is -0.782. The van der Waals surface area contributed by atoms with Gasteiger partial charge in [0.25, 0.3) is 5.91 Å². The zero-order valence-electron chi connectivity index (χ0n) is 12.7. The molecule has 1 amide bonds. The molecule has 1 aromatic rings. The van der Waals surface area contributed by atoms with E-state index < -0.39 is 5.97 Å². The quantitative estimate of drug-likeness (QED) is 0.782. The number of nitrogens with one attached hydrogen (secondary N) is 1. The average Bonchev–Trinajstić information content (AvgIpc) is 2.36. The van der Waals surface area contributed by atoms with Crippen molar-refractivity contribution in [2.24, 2.45) is 5.41 Å². The second kappa shape index (κ2) is 7.59. The van der Waals surface area contributed by atoms with Crippen molar-refractivity contribution in [1.82, 2.24) is 5.32 Å². The molecule has 0 saturated heterocycles. The third-order valence-electron chi connectivity index (χ3n) is 3.47. The zero-order valence-corrected chi connectivity index (χ0v) is 14.3. The highest BCUT2D eigenvalue weighted by molar-refractivity contribution is 9.10. The maximum atomic E-state index is 12.1. The molecule has 0 unspecified atom stereocenters. The Morgan fingerprint density at radius 1 is 1.29 bits per heavy atom. The first-order valence-corrected chi connectivity index (χ1v) is 7.77. The summed E-state index contributed by atoms with van der Waals surface area (Å²) in [7, 11) is 0. The topological polar surface area (TPSA) is 66.4 Å². The number of carboxylic acids is 1. The van der Waals surface area contributed by atoms with Crippen LogP contribution in [0.2, 0.25) is 0 Å². The van der Waals surface area contributed by atoms with Crippen molar-refractivity contribution in [3.63, 3.8) is 0 Å². The molecule has 5 heteroatoms. The van der Waals surface area contributed by atoms with E-state index in [2.05, 4.69) is 21.2 Å². The third-order valence-corrected chi connectivity index (χ3v) is 4.13. The number of halogens is 1. The molecule has 0 fully saturated rings. The highest BCUT2D eigenvalue weighted by atomic mass is 79.9. The largest absolute Gasteiger partial charge is 0.481 e. The fourth-order valence-electron chi connectivity index (χ4n) is 1.98. The summed E-state index contributed by atoms with van der Waals surface area (Å²) in [6.45, 7) is 6.54. The number of hydrogen-bond donors (Lipinski definition) is 2. The van der Waals surface area contributed by atoms with E-state index in [-0.39, 0.29) is 17.7 Å². The lowest BCUT2D eigenvalue weighted by Gasteiger charge is -2.23. The second-order valence-electron chi connectivity index (χ2n) is 6.05. The Balaban J connectivity index is 2.48. The van der Waals surface area contributed by atoms with E-state index >= 15 is 0 Å². The fourth-order valence-corrected chi connectivity index (χ4v) is 2.66. The van der Waals surface area contributed by atoms with E-state index in [1.165, 1.54) is 0 Å². The van der Waals surface area contributed by atoms with Crippen LogP contribution in [0.15, 0.2) is 22.7 Å². The van der Waals surface area contributed by atoms with Gasteiger partial charge in [-0.3, -0.25) is 9.59 Å². The summed E-state index contributed by atoms with van der Waals surface area (Å²) >= 11 is 3.39. The number of hydrogen-bond acceptors (Lipinski definition) is 2. The SMILES string of the molecule is Cc1ccc(C(=O)NCCC(C)(C)CCC(=O)O)c(Br)c1. The number of carbonyl (C=O) groups excluding carboxylic acids is 1. The molecule has 0 radical (unpaired) electrons. The van der Waals surface area contributed by atoms with Gasteiger partial charge in [0.15, 0.2) is 0 Å². The van der Waals surface area contributed by atoms with Gasteiger partial charge in [0.2, 0.25) is 0 Å². The molecule has 0 bridgehead atoms. The number of rotatable bonds is 7. The van der Waals surface area contributed by atoms with Crippen LogP contribution in [0.5, 0.6) is 0 Å². The lowest BCUT2D eigenvalue weighted by atomic mass is 9.84. The summed E-state index contributed by atoms with van der Waals surface area (Å²) in [5.74, 6) is -0.897. The van der Waals surface area contributed by atoms with Crippen molar-refractivity contribution < 1.29 is 14.7 Å². The third kappa shape index (κ3) is 6.29. The minimum Gasteiger partial charge on any atom is -0.481 e. The first-order valence-electron chi connectivity index (χ1n) is 6.97. The molecule has 0 aliphatic heterocycles. The van der Waals surface area contributed by atoms with Crippen molar-refractivity contribution >= 4 is 27.8 Å². The molecule has 0 atom stereocenters. The summed E-state index contributed by atoms with van der Waals surface area (Å²) in [6, 6.07) is 5.60. The molecule has 2 N–H and O–H groups in total. The standard InChI is InChI=1S/C16H22BrNO3/c1-11-4-5-12(13(17)10-11)15(21)18-9-8-16(2,3)7-6-14(19)20/h4-5,10H,6-9H2,1-3H3,(H,18,21)(H,19,20). The normalized spacial score (nSPS) is 11.2. The Kier molecular flexibility index (Phi) is 6.40.